The number of carbonyl (C=O) groups excluding carboxylic acids is 2. The molecule has 3 rings (SSSR count). The van der Waals surface area contributed by atoms with Crippen molar-refractivity contribution in [2.75, 3.05) is 46.4 Å². The molecule has 0 unspecified atom stereocenters. The highest BCUT2D eigenvalue weighted by molar-refractivity contribution is 5.97. The molecule has 3 atom stereocenters. The Morgan fingerprint density at radius 1 is 1.33 bits per heavy atom. The average Bonchev–Trinajstić information content (AvgIpc) is 2.89. The van der Waals surface area contributed by atoms with Crippen LogP contribution in [-0.4, -0.2) is 95.1 Å². The number of aliphatic hydroxyl groups is 1. The van der Waals surface area contributed by atoms with Crippen molar-refractivity contribution in [3.63, 3.8) is 0 Å². The molecule has 0 aromatic carbocycles. The van der Waals surface area contributed by atoms with E-state index in [1.165, 1.54) is 19.3 Å². The quantitative estimate of drug-likeness (QED) is 0.555. The molecule has 0 radical (unpaired) electrons. The average molecular weight is 499 g/mol. The maximum absolute atomic E-state index is 13.5. The predicted octanol–water partition coefficient (Wildman–Crippen LogP) is 2.79. The van der Waals surface area contributed by atoms with E-state index >= 15 is 0 Å². The molecule has 1 fully saturated rings. The van der Waals surface area contributed by atoms with Gasteiger partial charge in [-0.15, -0.1) is 0 Å². The van der Waals surface area contributed by atoms with Crippen LogP contribution in [0.2, 0.25) is 0 Å². The summed E-state index contributed by atoms with van der Waals surface area (Å²) >= 11 is 0. The Morgan fingerprint density at radius 3 is 2.78 bits per heavy atom. The zero-order valence-electron chi connectivity index (χ0n) is 22.3. The van der Waals surface area contributed by atoms with Crippen LogP contribution in [0.25, 0.3) is 0 Å². The lowest BCUT2D eigenvalue weighted by Gasteiger charge is -2.37. The summed E-state index contributed by atoms with van der Waals surface area (Å²) in [5.74, 6) is 6.21. The molecule has 1 aromatic heterocycles. The molecule has 1 saturated heterocycles. The van der Waals surface area contributed by atoms with Gasteiger partial charge < -0.3 is 24.5 Å². The van der Waals surface area contributed by atoms with Crippen molar-refractivity contribution in [2.45, 2.75) is 71.4 Å². The van der Waals surface area contributed by atoms with Crippen LogP contribution in [-0.2, 0) is 4.79 Å². The number of hydrogen-bond acceptors (Lipinski definition) is 6. The lowest BCUT2D eigenvalue weighted by atomic mass is 9.99. The van der Waals surface area contributed by atoms with Crippen LogP contribution >= 0.6 is 0 Å². The van der Waals surface area contributed by atoms with E-state index in [1.807, 2.05) is 20.9 Å². The molecule has 2 aliphatic heterocycles. The number of amides is 2. The van der Waals surface area contributed by atoms with E-state index in [-0.39, 0.29) is 42.4 Å². The standard InChI is InChI=1S/C28H42N4O4/c1-5-6-8-11-23-16-24-27(29-17-23)36-25(21(2)18-32(28(24)35)22(3)20-33)19-30(4)26(34)12-15-31-13-9-7-10-14-31/h16-17,21-22,25,33H,5-7,9-10,12-15,18-20H2,1-4H3/t21-,22+,25+/m1/s1. The minimum Gasteiger partial charge on any atom is -0.472 e. The number of nitrogens with zero attached hydrogens (tertiary/aromatic N) is 4. The maximum Gasteiger partial charge on any atom is 0.259 e. The second kappa shape index (κ2) is 13.6. The summed E-state index contributed by atoms with van der Waals surface area (Å²) < 4.78 is 6.30. The molecule has 2 aliphatic rings. The normalized spacial score (nSPS) is 21.4. The predicted molar refractivity (Wildman–Crippen MR) is 140 cm³/mol. The van der Waals surface area contributed by atoms with Crippen LogP contribution in [0.3, 0.4) is 0 Å². The SMILES string of the molecule is CCCC#Cc1cnc2c(c1)C(=O)N([C@@H](C)CO)C[C@@H](C)[C@H](CN(C)C(=O)CCN1CCCCC1)O2. The van der Waals surface area contributed by atoms with E-state index < -0.39 is 0 Å². The zero-order valence-corrected chi connectivity index (χ0v) is 22.3. The smallest absolute Gasteiger partial charge is 0.259 e. The third-order valence-electron chi connectivity index (χ3n) is 7.10. The van der Waals surface area contributed by atoms with Gasteiger partial charge in [0.25, 0.3) is 5.91 Å². The number of likely N-dealkylation sites (tertiary alicyclic amines) is 1. The fourth-order valence-corrected chi connectivity index (χ4v) is 4.68. The lowest BCUT2D eigenvalue weighted by Crippen LogP contribution is -2.50. The van der Waals surface area contributed by atoms with Gasteiger partial charge >= 0.3 is 0 Å². The summed E-state index contributed by atoms with van der Waals surface area (Å²) in [6, 6.07) is 1.37. The summed E-state index contributed by atoms with van der Waals surface area (Å²) in [5, 5.41) is 9.83. The maximum atomic E-state index is 13.5. The minimum atomic E-state index is -0.356. The van der Waals surface area contributed by atoms with E-state index in [0.29, 0.717) is 30.6 Å². The number of piperidine rings is 1. The van der Waals surface area contributed by atoms with Crippen molar-refractivity contribution in [3.05, 3.63) is 23.4 Å². The van der Waals surface area contributed by atoms with E-state index in [0.717, 1.165) is 32.5 Å². The third-order valence-corrected chi connectivity index (χ3v) is 7.10. The number of unbranched alkanes of at least 4 members (excludes halogenated alkanes) is 1. The van der Waals surface area contributed by atoms with Gasteiger partial charge in [0.2, 0.25) is 11.8 Å². The van der Waals surface area contributed by atoms with Crippen molar-refractivity contribution >= 4 is 11.8 Å². The van der Waals surface area contributed by atoms with Gasteiger partial charge in [0.05, 0.1) is 19.2 Å². The van der Waals surface area contributed by atoms with Crippen molar-refractivity contribution in [1.82, 2.24) is 19.7 Å². The highest BCUT2D eigenvalue weighted by Crippen LogP contribution is 2.27. The third kappa shape index (κ3) is 7.44. The number of carbonyl (C=O) groups is 2. The van der Waals surface area contributed by atoms with Gasteiger partial charge in [-0.05, 0) is 45.3 Å². The number of aliphatic hydroxyl groups excluding tert-OH is 1. The molecule has 2 amide bonds. The largest absolute Gasteiger partial charge is 0.472 e. The molecule has 0 aliphatic carbocycles. The summed E-state index contributed by atoms with van der Waals surface area (Å²) in [4.78, 5) is 36.6. The molecule has 0 saturated carbocycles. The number of fused-ring (bicyclic) bond motifs is 1. The molecular formula is C28H42N4O4. The fourth-order valence-electron chi connectivity index (χ4n) is 4.68. The number of likely N-dealkylation sites (N-methyl/N-ethyl adjacent to an activating group) is 1. The van der Waals surface area contributed by atoms with Crippen molar-refractivity contribution < 1.29 is 19.4 Å². The first kappa shape index (κ1) is 27.9. The molecule has 1 N–H and O–H groups in total. The van der Waals surface area contributed by atoms with E-state index in [4.69, 9.17) is 4.74 Å². The Balaban J connectivity index is 1.78. The summed E-state index contributed by atoms with van der Waals surface area (Å²) in [5.41, 5.74) is 1.00. The minimum absolute atomic E-state index is 0.0701. The molecule has 8 heteroatoms. The molecule has 0 spiro atoms. The van der Waals surface area contributed by atoms with Crippen LogP contribution < -0.4 is 4.74 Å². The second-order valence-electron chi connectivity index (χ2n) is 10.2. The van der Waals surface area contributed by atoms with Crippen molar-refractivity contribution in [1.29, 1.82) is 0 Å². The summed E-state index contributed by atoms with van der Waals surface area (Å²) in [6.45, 7) is 9.49. The number of rotatable bonds is 8. The number of pyridine rings is 1. The Hall–Kier alpha value is -2.63. The molecule has 3 heterocycles. The Morgan fingerprint density at radius 2 is 2.08 bits per heavy atom. The van der Waals surface area contributed by atoms with Gasteiger partial charge in [-0.1, -0.05) is 32.1 Å². The molecule has 36 heavy (non-hydrogen) atoms. The molecular weight excluding hydrogens is 456 g/mol. The van der Waals surface area contributed by atoms with Crippen molar-refractivity contribution in [3.8, 4) is 17.7 Å². The van der Waals surface area contributed by atoms with Crippen molar-refractivity contribution in [2.24, 2.45) is 5.92 Å². The topological polar surface area (TPSA) is 86.2 Å². The number of ether oxygens (including phenoxy) is 1. The first-order valence-corrected chi connectivity index (χ1v) is 13.4. The Labute approximate surface area is 216 Å². The first-order chi connectivity index (χ1) is 17.3. The van der Waals surface area contributed by atoms with Gasteiger partial charge in [0.15, 0.2) is 0 Å². The Bertz CT molecular complexity index is 951. The fraction of sp³-hybridized carbons (Fsp3) is 0.679. The van der Waals surface area contributed by atoms with Gasteiger partial charge in [-0.2, -0.15) is 0 Å². The van der Waals surface area contributed by atoms with Crippen LogP contribution in [0.15, 0.2) is 12.3 Å². The van der Waals surface area contributed by atoms with E-state index in [1.54, 1.807) is 22.1 Å². The molecule has 198 valence electrons. The number of hydrogen-bond donors (Lipinski definition) is 1. The van der Waals surface area contributed by atoms with E-state index in [2.05, 4.69) is 28.6 Å². The highest BCUT2D eigenvalue weighted by Gasteiger charge is 2.34. The lowest BCUT2D eigenvalue weighted by molar-refractivity contribution is -0.131. The van der Waals surface area contributed by atoms with Gasteiger partial charge in [-0.25, -0.2) is 4.98 Å². The molecule has 1 aromatic rings. The second-order valence-corrected chi connectivity index (χ2v) is 10.2. The molecule has 8 nitrogen and oxygen atoms in total. The Kier molecular flexibility index (Phi) is 10.6. The van der Waals surface area contributed by atoms with Gasteiger partial charge in [0.1, 0.15) is 11.7 Å². The van der Waals surface area contributed by atoms with Crippen LogP contribution in [0.4, 0.5) is 0 Å². The highest BCUT2D eigenvalue weighted by atomic mass is 16.5. The van der Waals surface area contributed by atoms with Crippen LogP contribution in [0, 0.1) is 17.8 Å². The summed E-state index contributed by atoms with van der Waals surface area (Å²) in [6.07, 6.45) is 7.18. The zero-order chi connectivity index (χ0) is 26.1. The van der Waals surface area contributed by atoms with Crippen LogP contribution in [0.5, 0.6) is 5.88 Å². The monoisotopic (exact) mass is 498 g/mol. The van der Waals surface area contributed by atoms with Crippen LogP contribution in [0.1, 0.15) is 75.2 Å². The van der Waals surface area contributed by atoms with E-state index in [9.17, 15) is 14.7 Å². The summed E-state index contributed by atoms with van der Waals surface area (Å²) in [7, 11) is 1.81. The molecule has 0 bridgehead atoms. The van der Waals surface area contributed by atoms with Gasteiger partial charge in [0, 0.05) is 50.7 Å². The van der Waals surface area contributed by atoms with Gasteiger partial charge in [-0.3, -0.25) is 9.59 Å². The number of aromatic nitrogens is 1. The first-order valence-electron chi connectivity index (χ1n) is 13.4.